The molecule has 2 rings (SSSR count). The molecule has 0 aliphatic carbocycles. The van der Waals surface area contributed by atoms with Crippen molar-refractivity contribution in [3.8, 4) is 11.6 Å². The van der Waals surface area contributed by atoms with Gasteiger partial charge in [0.2, 0.25) is 11.8 Å². The Bertz CT molecular complexity index is 665. The highest BCUT2D eigenvalue weighted by molar-refractivity contribution is 5.78. The highest BCUT2D eigenvalue weighted by Crippen LogP contribution is 2.21. The van der Waals surface area contributed by atoms with E-state index in [0.717, 1.165) is 23.2 Å². The van der Waals surface area contributed by atoms with Gasteiger partial charge in [0, 0.05) is 13.6 Å². The molecule has 0 saturated carbocycles. The van der Waals surface area contributed by atoms with Crippen molar-refractivity contribution in [2.45, 2.75) is 26.3 Å². The predicted molar refractivity (Wildman–Crippen MR) is 82.8 cm³/mol. The molecule has 2 N–H and O–H groups in total. The molecule has 0 bridgehead atoms. The molecule has 1 heterocycles. The third-order valence-corrected chi connectivity index (χ3v) is 3.44. The molecule has 6 heteroatoms. The first kappa shape index (κ1) is 15.9. The maximum atomic E-state index is 12.0. The summed E-state index contributed by atoms with van der Waals surface area (Å²) in [6.07, 6.45) is 0.993. The van der Waals surface area contributed by atoms with Gasteiger partial charge < -0.3 is 15.2 Å². The lowest BCUT2D eigenvalue weighted by Gasteiger charge is -2.08. The van der Waals surface area contributed by atoms with Crippen LogP contribution < -0.4 is 10.1 Å². The summed E-state index contributed by atoms with van der Waals surface area (Å²) in [6, 6.07) is 6.69. The molecule has 1 aromatic heterocycles. The first-order chi connectivity index (χ1) is 10.5. The van der Waals surface area contributed by atoms with Crippen LogP contribution in [0.15, 0.2) is 24.3 Å². The second-order valence-corrected chi connectivity index (χ2v) is 5.04. The summed E-state index contributed by atoms with van der Waals surface area (Å²) < 4.78 is 7.02. The number of carbonyl (C=O) groups excluding carboxylic acids is 1. The first-order valence-electron chi connectivity index (χ1n) is 7.18. The summed E-state index contributed by atoms with van der Waals surface area (Å²) in [5.74, 6) is 0.709. The Morgan fingerprint density at radius 3 is 2.86 bits per heavy atom. The molecule has 2 aromatic rings. The van der Waals surface area contributed by atoms with Crippen LogP contribution in [0.5, 0.6) is 11.6 Å². The van der Waals surface area contributed by atoms with Crippen molar-refractivity contribution in [1.82, 2.24) is 15.1 Å². The van der Waals surface area contributed by atoms with Crippen LogP contribution in [0, 0.1) is 0 Å². The van der Waals surface area contributed by atoms with Crippen LogP contribution in [0.25, 0.3) is 0 Å². The standard InChI is InChI=1S/C16H21N3O3/c1-4-14-13(16(22-3)19(2)18-14)10-17-15(21)9-11-6-5-7-12(20)8-11/h5-8,20H,4,9-10H2,1-3H3,(H,17,21). The van der Waals surface area contributed by atoms with Crippen LogP contribution in [-0.2, 0) is 31.2 Å². The van der Waals surface area contributed by atoms with Gasteiger partial charge in [-0.3, -0.25) is 4.79 Å². The maximum Gasteiger partial charge on any atom is 0.224 e. The summed E-state index contributed by atoms with van der Waals surface area (Å²) in [5, 5.41) is 16.7. The third kappa shape index (κ3) is 3.58. The lowest BCUT2D eigenvalue weighted by Crippen LogP contribution is -2.25. The number of hydrogen-bond donors (Lipinski definition) is 2. The topological polar surface area (TPSA) is 76.4 Å². The number of aromatic hydroxyl groups is 1. The molecule has 0 unspecified atom stereocenters. The molecule has 0 aliphatic rings. The Labute approximate surface area is 129 Å². The number of rotatable bonds is 6. The second-order valence-electron chi connectivity index (χ2n) is 5.04. The Morgan fingerprint density at radius 2 is 2.23 bits per heavy atom. The number of hydrogen-bond acceptors (Lipinski definition) is 4. The number of aromatic nitrogens is 2. The molecule has 6 nitrogen and oxygen atoms in total. The summed E-state index contributed by atoms with van der Waals surface area (Å²) in [5.41, 5.74) is 2.58. The Morgan fingerprint density at radius 1 is 1.45 bits per heavy atom. The Balaban J connectivity index is 2.02. The number of phenolic OH excluding ortho intramolecular Hbond substituents is 1. The summed E-state index contributed by atoms with van der Waals surface area (Å²) in [6.45, 7) is 2.39. The van der Waals surface area contributed by atoms with Gasteiger partial charge in [0.05, 0.1) is 24.8 Å². The van der Waals surface area contributed by atoms with Crippen molar-refractivity contribution in [3.63, 3.8) is 0 Å². The molecule has 118 valence electrons. The van der Waals surface area contributed by atoms with E-state index in [1.165, 1.54) is 0 Å². The first-order valence-corrected chi connectivity index (χ1v) is 7.18. The van der Waals surface area contributed by atoms with Crippen molar-refractivity contribution in [3.05, 3.63) is 41.1 Å². The molecule has 22 heavy (non-hydrogen) atoms. The van der Waals surface area contributed by atoms with Gasteiger partial charge in [-0.25, -0.2) is 4.68 Å². The number of benzene rings is 1. The van der Waals surface area contributed by atoms with Crippen LogP contribution in [0.4, 0.5) is 0 Å². The quantitative estimate of drug-likeness (QED) is 0.849. The summed E-state index contributed by atoms with van der Waals surface area (Å²) in [7, 11) is 3.41. The van der Waals surface area contributed by atoms with E-state index >= 15 is 0 Å². The largest absolute Gasteiger partial charge is 0.508 e. The number of phenols is 1. The SMILES string of the molecule is CCc1nn(C)c(OC)c1CNC(=O)Cc1cccc(O)c1. The maximum absolute atomic E-state index is 12.0. The Hall–Kier alpha value is -2.50. The minimum absolute atomic E-state index is 0.112. The number of amides is 1. The van der Waals surface area contributed by atoms with E-state index in [1.807, 2.05) is 14.0 Å². The van der Waals surface area contributed by atoms with E-state index in [0.29, 0.717) is 12.4 Å². The van der Waals surface area contributed by atoms with E-state index in [9.17, 15) is 9.90 Å². The van der Waals surface area contributed by atoms with Crippen molar-refractivity contribution in [2.75, 3.05) is 7.11 Å². The van der Waals surface area contributed by atoms with Gasteiger partial charge in [-0.05, 0) is 24.1 Å². The number of carbonyl (C=O) groups is 1. The van der Waals surface area contributed by atoms with E-state index < -0.39 is 0 Å². The highest BCUT2D eigenvalue weighted by Gasteiger charge is 2.16. The minimum Gasteiger partial charge on any atom is -0.508 e. The zero-order valence-electron chi connectivity index (χ0n) is 13.1. The van der Waals surface area contributed by atoms with Gasteiger partial charge in [0.25, 0.3) is 0 Å². The van der Waals surface area contributed by atoms with Crippen molar-refractivity contribution in [2.24, 2.45) is 7.05 Å². The molecule has 0 aliphatic heterocycles. The monoisotopic (exact) mass is 303 g/mol. The predicted octanol–water partition coefficient (Wildman–Crippen LogP) is 1.56. The molecule has 0 spiro atoms. The van der Waals surface area contributed by atoms with Gasteiger partial charge in [0.1, 0.15) is 5.75 Å². The van der Waals surface area contributed by atoms with Crippen molar-refractivity contribution in [1.29, 1.82) is 0 Å². The van der Waals surface area contributed by atoms with Gasteiger partial charge in [-0.1, -0.05) is 19.1 Å². The lowest BCUT2D eigenvalue weighted by atomic mass is 10.1. The average Bonchev–Trinajstić information content (AvgIpc) is 2.80. The molecule has 0 saturated heterocycles. The molecular formula is C16H21N3O3. The third-order valence-electron chi connectivity index (χ3n) is 3.44. The van der Waals surface area contributed by atoms with E-state index in [1.54, 1.807) is 36.1 Å². The zero-order chi connectivity index (χ0) is 16.1. The van der Waals surface area contributed by atoms with Gasteiger partial charge in [-0.2, -0.15) is 5.10 Å². The molecule has 1 amide bonds. The van der Waals surface area contributed by atoms with E-state index in [-0.39, 0.29) is 18.1 Å². The van der Waals surface area contributed by atoms with Gasteiger partial charge >= 0.3 is 0 Å². The fourth-order valence-corrected chi connectivity index (χ4v) is 2.42. The molecule has 0 radical (unpaired) electrons. The molecule has 0 fully saturated rings. The molecule has 0 atom stereocenters. The van der Waals surface area contributed by atoms with Crippen molar-refractivity contribution >= 4 is 5.91 Å². The molecule has 1 aromatic carbocycles. The van der Waals surface area contributed by atoms with Crippen LogP contribution in [-0.4, -0.2) is 27.9 Å². The number of methoxy groups -OCH3 is 1. The van der Waals surface area contributed by atoms with Gasteiger partial charge in [0.15, 0.2) is 0 Å². The fourth-order valence-electron chi connectivity index (χ4n) is 2.42. The number of nitrogens with zero attached hydrogens (tertiary/aromatic N) is 2. The summed E-state index contributed by atoms with van der Waals surface area (Å²) >= 11 is 0. The second kappa shape index (κ2) is 6.98. The fraction of sp³-hybridized carbons (Fsp3) is 0.375. The molecular weight excluding hydrogens is 282 g/mol. The number of ether oxygens (including phenoxy) is 1. The number of aryl methyl sites for hydroxylation is 2. The smallest absolute Gasteiger partial charge is 0.224 e. The van der Waals surface area contributed by atoms with Crippen LogP contribution in [0.2, 0.25) is 0 Å². The van der Waals surface area contributed by atoms with E-state index in [4.69, 9.17) is 4.74 Å². The normalized spacial score (nSPS) is 10.5. The average molecular weight is 303 g/mol. The van der Waals surface area contributed by atoms with Crippen molar-refractivity contribution < 1.29 is 14.6 Å². The highest BCUT2D eigenvalue weighted by atomic mass is 16.5. The van der Waals surface area contributed by atoms with Crippen LogP contribution in [0.1, 0.15) is 23.7 Å². The van der Waals surface area contributed by atoms with Crippen LogP contribution in [0.3, 0.4) is 0 Å². The summed E-state index contributed by atoms with van der Waals surface area (Å²) in [4.78, 5) is 12.0. The lowest BCUT2D eigenvalue weighted by molar-refractivity contribution is -0.120. The number of nitrogens with one attached hydrogen (secondary N) is 1. The van der Waals surface area contributed by atoms with Gasteiger partial charge in [-0.15, -0.1) is 0 Å². The van der Waals surface area contributed by atoms with Crippen LogP contribution >= 0.6 is 0 Å². The van der Waals surface area contributed by atoms with E-state index in [2.05, 4.69) is 10.4 Å². The minimum atomic E-state index is -0.112. The Kier molecular flexibility index (Phi) is 5.04. The zero-order valence-corrected chi connectivity index (χ0v) is 13.1.